The van der Waals surface area contributed by atoms with Gasteiger partial charge in [-0.05, 0) is 42.3 Å². The van der Waals surface area contributed by atoms with Crippen molar-refractivity contribution in [1.29, 1.82) is 0 Å². The molecule has 0 aromatic heterocycles. The molecule has 3 aromatic rings. The number of hydrogen-bond acceptors (Lipinski definition) is 5. The number of thioether (sulfide) groups is 1. The van der Waals surface area contributed by atoms with E-state index in [1.54, 1.807) is 18.7 Å². The summed E-state index contributed by atoms with van der Waals surface area (Å²) in [7, 11) is -0.155. The highest BCUT2D eigenvalue weighted by atomic mass is 32.2. The predicted octanol–water partition coefficient (Wildman–Crippen LogP) is 6.35. The van der Waals surface area contributed by atoms with Gasteiger partial charge in [-0.25, -0.2) is 4.79 Å². The zero-order valence-electron chi connectivity index (χ0n) is 17.8. The molecular weight excluding hydrogens is 427 g/mol. The average molecular weight is 455 g/mol. The smallest absolute Gasteiger partial charge is 0.339 e. The lowest BCUT2D eigenvalue weighted by Gasteiger charge is -2.37. The van der Waals surface area contributed by atoms with E-state index in [0.29, 0.717) is 12.4 Å². The van der Waals surface area contributed by atoms with Gasteiger partial charge in [-0.1, -0.05) is 60.7 Å². The zero-order chi connectivity index (χ0) is 22.1. The van der Waals surface area contributed by atoms with Crippen molar-refractivity contribution >= 4 is 37.0 Å². The SMILES string of the molecule is CCOC(=O)C(CP=O)(OCC)C(CSc1ccc2ccccc2c1)c1ccccc1. The maximum absolute atomic E-state index is 13.1. The van der Waals surface area contributed by atoms with Crippen molar-refractivity contribution in [2.75, 3.05) is 25.1 Å². The van der Waals surface area contributed by atoms with Gasteiger partial charge in [-0.2, -0.15) is 0 Å². The van der Waals surface area contributed by atoms with Gasteiger partial charge in [-0.15, -0.1) is 11.8 Å². The molecule has 0 aliphatic rings. The molecule has 0 fully saturated rings. The zero-order valence-corrected chi connectivity index (χ0v) is 19.5. The third-order valence-corrected chi connectivity index (χ3v) is 6.91. The summed E-state index contributed by atoms with van der Waals surface area (Å²) in [5, 5.41) is 2.36. The molecule has 6 heteroatoms. The minimum Gasteiger partial charge on any atom is -0.464 e. The fourth-order valence-electron chi connectivity index (χ4n) is 3.75. The molecule has 2 unspecified atom stereocenters. The van der Waals surface area contributed by atoms with Crippen LogP contribution in [0.5, 0.6) is 0 Å². The molecule has 0 saturated carbocycles. The number of carbonyl (C=O) groups excluding carboxylic acids is 1. The van der Waals surface area contributed by atoms with E-state index in [9.17, 15) is 9.36 Å². The lowest BCUT2D eigenvalue weighted by Crippen LogP contribution is -2.51. The van der Waals surface area contributed by atoms with Gasteiger partial charge in [0.15, 0.2) is 14.1 Å². The topological polar surface area (TPSA) is 52.6 Å². The summed E-state index contributed by atoms with van der Waals surface area (Å²) >= 11 is 1.66. The molecule has 2 atom stereocenters. The van der Waals surface area contributed by atoms with Crippen LogP contribution in [-0.2, 0) is 18.8 Å². The van der Waals surface area contributed by atoms with Crippen LogP contribution in [0.25, 0.3) is 10.8 Å². The van der Waals surface area contributed by atoms with E-state index in [1.807, 2.05) is 49.4 Å². The van der Waals surface area contributed by atoms with Crippen LogP contribution in [0, 0.1) is 0 Å². The predicted molar refractivity (Wildman–Crippen MR) is 127 cm³/mol. The van der Waals surface area contributed by atoms with E-state index in [0.717, 1.165) is 10.5 Å². The van der Waals surface area contributed by atoms with E-state index in [1.165, 1.54) is 10.8 Å². The summed E-state index contributed by atoms with van der Waals surface area (Å²) in [6.07, 6.45) is 0.0392. The summed E-state index contributed by atoms with van der Waals surface area (Å²) in [4.78, 5) is 14.3. The van der Waals surface area contributed by atoms with Gasteiger partial charge < -0.3 is 9.47 Å². The van der Waals surface area contributed by atoms with Crippen molar-refractivity contribution < 1.29 is 18.8 Å². The van der Waals surface area contributed by atoms with Gasteiger partial charge >= 0.3 is 5.97 Å². The van der Waals surface area contributed by atoms with Crippen LogP contribution in [0.1, 0.15) is 25.3 Å². The number of rotatable bonds is 11. The molecular formula is C25H27O4PS. The van der Waals surface area contributed by atoms with Gasteiger partial charge in [0.25, 0.3) is 0 Å². The van der Waals surface area contributed by atoms with Crippen LogP contribution >= 0.6 is 20.2 Å². The second kappa shape index (κ2) is 11.4. The molecule has 0 N–H and O–H groups in total. The molecule has 4 nitrogen and oxygen atoms in total. The van der Waals surface area contributed by atoms with E-state index >= 15 is 0 Å². The molecule has 0 amide bonds. The second-order valence-electron chi connectivity index (χ2n) is 7.11. The van der Waals surface area contributed by atoms with Gasteiger partial charge in [-0.3, -0.25) is 4.57 Å². The standard InChI is InChI=1S/C25H27O4PS/c1-3-28-24(26)25(18-30-27,29-4-2)23(20-11-6-5-7-12-20)17-31-22-15-14-19-10-8-9-13-21(19)16-22/h5-16,23H,3-4,17-18H2,1-2H3. The summed E-state index contributed by atoms with van der Waals surface area (Å²) in [6, 6.07) is 24.4. The van der Waals surface area contributed by atoms with Crippen molar-refractivity contribution in [3.63, 3.8) is 0 Å². The number of fused-ring (bicyclic) bond motifs is 1. The Labute approximate surface area is 189 Å². The van der Waals surface area contributed by atoms with E-state index in [2.05, 4.69) is 30.3 Å². The van der Waals surface area contributed by atoms with Crippen LogP contribution in [0.2, 0.25) is 0 Å². The van der Waals surface area contributed by atoms with Crippen molar-refractivity contribution in [1.82, 2.24) is 0 Å². The Morgan fingerprint density at radius 2 is 1.68 bits per heavy atom. The Bertz CT molecular complexity index is 1010. The number of hydrogen-bond donors (Lipinski definition) is 0. The van der Waals surface area contributed by atoms with Crippen molar-refractivity contribution in [2.24, 2.45) is 0 Å². The summed E-state index contributed by atoms with van der Waals surface area (Å²) < 4.78 is 23.2. The molecule has 0 radical (unpaired) electrons. The fourth-order valence-corrected chi connectivity index (χ4v) is 5.58. The minimum absolute atomic E-state index is 0.0392. The highest BCUT2D eigenvalue weighted by Gasteiger charge is 2.49. The van der Waals surface area contributed by atoms with Gasteiger partial charge in [0.1, 0.15) is 0 Å². The van der Waals surface area contributed by atoms with Gasteiger partial charge in [0.2, 0.25) is 0 Å². The lowest BCUT2D eigenvalue weighted by atomic mass is 9.84. The first-order chi connectivity index (χ1) is 15.1. The van der Waals surface area contributed by atoms with Gasteiger partial charge in [0.05, 0.1) is 12.8 Å². The van der Waals surface area contributed by atoms with Crippen LogP contribution in [0.3, 0.4) is 0 Å². The quantitative estimate of drug-likeness (QED) is 0.192. The molecule has 3 rings (SSSR count). The summed E-state index contributed by atoms with van der Waals surface area (Å²) in [5.74, 6) is -0.213. The fraction of sp³-hybridized carbons (Fsp3) is 0.320. The van der Waals surface area contributed by atoms with Crippen LogP contribution in [-0.4, -0.2) is 36.7 Å². The third kappa shape index (κ3) is 5.54. The molecule has 162 valence electrons. The van der Waals surface area contributed by atoms with Crippen LogP contribution in [0.15, 0.2) is 77.7 Å². The second-order valence-corrected chi connectivity index (χ2v) is 8.78. The molecule has 0 spiro atoms. The number of carbonyl (C=O) groups is 1. The number of esters is 1. The first kappa shape index (κ1) is 23.5. The van der Waals surface area contributed by atoms with Crippen LogP contribution in [0.4, 0.5) is 0 Å². The summed E-state index contributed by atoms with van der Waals surface area (Å²) in [6.45, 7) is 4.17. The molecule has 0 saturated heterocycles. The highest BCUT2D eigenvalue weighted by molar-refractivity contribution is 7.99. The molecule has 0 aliphatic heterocycles. The summed E-state index contributed by atoms with van der Waals surface area (Å²) in [5.41, 5.74) is -0.361. The Balaban J connectivity index is 1.98. The molecule has 0 aliphatic carbocycles. The minimum atomic E-state index is -1.32. The lowest BCUT2D eigenvalue weighted by molar-refractivity contribution is -0.171. The van der Waals surface area contributed by atoms with Crippen molar-refractivity contribution in [2.45, 2.75) is 30.3 Å². The highest BCUT2D eigenvalue weighted by Crippen LogP contribution is 2.40. The first-order valence-corrected chi connectivity index (χ1v) is 12.4. The molecule has 0 bridgehead atoms. The van der Waals surface area contributed by atoms with Crippen molar-refractivity contribution in [3.8, 4) is 0 Å². The average Bonchev–Trinajstić information content (AvgIpc) is 2.80. The van der Waals surface area contributed by atoms with E-state index < -0.39 is 11.6 Å². The largest absolute Gasteiger partial charge is 0.464 e. The van der Waals surface area contributed by atoms with Crippen molar-refractivity contribution in [3.05, 3.63) is 78.4 Å². The maximum atomic E-state index is 13.1. The molecule has 31 heavy (non-hydrogen) atoms. The third-order valence-electron chi connectivity index (χ3n) is 5.22. The van der Waals surface area contributed by atoms with E-state index in [-0.39, 0.29) is 27.1 Å². The first-order valence-electron chi connectivity index (χ1n) is 10.4. The Hall–Kier alpha value is -2.20. The number of ether oxygens (including phenoxy) is 2. The number of benzene rings is 3. The molecule has 3 aromatic carbocycles. The Morgan fingerprint density at radius 3 is 2.35 bits per heavy atom. The Morgan fingerprint density at radius 1 is 0.968 bits per heavy atom. The normalized spacial score (nSPS) is 14.3. The van der Waals surface area contributed by atoms with Gasteiger partial charge in [0, 0.05) is 23.2 Å². The monoisotopic (exact) mass is 454 g/mol. The van der Waals surface area contributed by atoms with Crippen LogP contribution < -0.4 is 0 Å². The van der Waals surface area contributed by atoms with E-state index in [4.69, 9.17) is 9.47 Å². The molecule has 0 heterocycles. The Kier molecular flexibility index (Phi) is 8.65. The maximum Gasteiger partial charge on any atom is 0.339 e.